The van der Waals surface area contributed by atoms with E-state index >= 15 is 0 Å². The van der Waals surface area contributed by atoms with Gasteiger partial charge in [-0.25, -0.2) is 0 Å². The molecule has 1 rings (SSSR count). The zero-order valence-electron chi connectivity index (χ0n) is 13.9. The number of hydrogen-bond acceptors (Lipinski definition) is 4. The first kappa shape index (κ1) is 19.0. The van der Waals surface area contributed by atoms with Crippen LogP contribution in [0.1, 0.15) is 38.2 Å². The van der Waals surface area contributed by atoms with Crippen LogP contribution in [0.3, 0.4) is 0 Å². The number of rotatable bonds is 10. The molecule has 0 bridgehead atoms. The van der Waals surface area contributed by atoms with E-state index in [9.17, 15) is 9.90 Å². The molecule has 0 saturated carbocycles. The van der Waals surface area contributed by atoms with Crippen LogP contribution in [0.15, 0.2) is 30.4 Å². The van der Waals surface area contributed by atoms with Gasteiger partial charge >= 0.3 is 0 Å². The summed E-state index contributed by atoms with van der Waals surface area (Å²) in [5.74, 6) is 0.706. The van der Waals surface area contributed by atoms with Crippen molar-refractivity contribution in [3.05, 3.63) is 35.9 Å². The van der Waals surface area contributed by atoms with Gasteiger partial charge in [0.15, 0.2) is 11.5 Å². The standard InChI is InChI=1S/C18H27NO4/c1-14(13-20)7-5-3-4-6-8-18(22)19-12-15-9-10-16(21)17(11-15)23-2/h5,7,9-11,14,20-21H,3-4,6,8,12-13H2,1-2H3,(H,19,22)/t14-/m0/s1. The molecule has 0 saturated heterocycles. The minimum atomic E-state index is 0.0183. The number of nitrogens with one attached hydrogen (secondary N) is 1. The zero-order valence-corrected chi connectivity index (χ0v) is 13.9. The minimum absolute atomic E-state index is 0.0183. The van der Waals surface area contributed by atoms with Crippen LogP contribution in [0.4, 0.5) is 0 Å². The van der Waals surface area contributed by atoms with E-state index in [0.717, 1.165) is 24.8 Å². The SMILES string of the molecule is COc1cc(CNC(=O)CCCCC=C[C@H](C)CO)ccc1O. The van der Waals surface area contributed by atoms with Gasteiger partial charge in [0.2, 0.25) is 5.91 Å². The molecule has 1 amide bonds. The molecule has 23 heavy (non-hydrogen) atoms. The summed E-state index contributed by atoms with van der Waals surface area (Å²) < 4.78 is 5.03. The number of allylic oxidation sites excluding steroid dienone is 1. The molecule has 0 aliphatic rings. The molecule has 0 fully saturated rings. The summed E-state index contributed by atoms with van der Waals surface area (Å²) in [4.78, 5) is 11.8. The number of hydrogen-bond donors (Lipinski definition) is 3. The summed E-state index contributed by atoms with van der Waals surface area (Å²) >= 11 is 0. The number of aliphatic hydroxyl groups excluding tert-OH is 1. The van der Waals surface area contributed by atoms with Crippen molar-refractivity contribution in [2.75, 3.05) is 13.7 Å². The van der Waals surface area contributed by atoms with E-state index in [1.54, 1.807) is 18.2 Å². The van der Waals surface area contributed by atoms with Crippen molar-refractivity contribution in [3.8, 4) is 11.5 Å². The van der Waals surface area contributed by atoms with Gasteiger partial charge < -0.3 is 20.3 Å². The number of ether oxygens (including phenoxy) is 1. The third-order valence-electron chi connectivity index (χ3n) is 3.51. The molecular weight excluding hydrogens is 294 g/mol. The summed E-state index contributed by atoms with van der Waals surface area (Å²) in [6.45, 7) is 2.55. The quantitative estimate of drug-likeness (QED) is 0.457. The van der Waals surface area contributed by atoms with Crippen LogP contribution in [0, 0.1) is 5.92 Å². The Morgan fingerprint density at radius 2 is 2.17 bits per heavy atom. The van der Waals surface area contributed by atoms with Crippen molar-refractivity contribution in [1.82, 2.24) is 5.32 Å². The molecule has 0 unspecified atom stereocenters. The Kier molecular flexibility index (Phi) is 8.83. The summed E-state index contributed by atoms with van der Waals surface area (Å²) in [6.07, 6.45) is 7.27. The summed E-state index contributed by atoms with van der Waals surface area (Å²) in [6, 6.07) is 5.02. The Morgan fingerprint density at radius 3 is 2.87 bits per heavy atom. The predicted molar refractivity (Wildman–Crippen MR) is 90.4 cm³/mol. The molecule has 0 heterocycles. The molecule has 3 N–H and O–H groups in total. The van der Waals surface area contributed by atoms with Crippen LogP contribution in [-0.2, 0) is 11.3 Å². The van der Waals surface area contributed by atoms with Crippen LogP contribution in [-0.4, -0.2) is 29.8 Å². The predicted octanol–water partition coefficient (Wildman–Crippen LogP) is 2.76. The number of benzene rings is 1. The number of carbonyl (C=O) groups excluding carboxylic acids is 1. The second-order valence-electron chi connectivity index (χ2n) is 5.62. The normalized spacial score (nSPS) is 12.3. The highest BCUT2D eigenvalue weighted by molar-refractivity contribution is 5.75. The lowest BCUT2D eigenvalue weighted by molar-refractivity contribution is -0.121. The van der Waals surface area contributed by atoms with Crippen LogP contribution in [0.5, 0.6) is 11.5 Å². The Balaban J connectivity index is 2.21. The molecule has 128 valence electrons. The van der Waals surface area contributed by atoms with Crippen LogP contribution in [0.25, 0.3) is 0 Å². The van der Waals surface area contributed by atoms with E-state index in [4.69, 9.17) is 9.84 Å². The number of aromatic hydroxyl groups is 1. The van der Waals surface area contributed by atoms with E-state index in [1.165, 1.54) is 7.11 Å². The van der Waals surface area contributed by atoms with Gasteiger partial charge in [-0.3, -0.25) is 4.79 Å². The van der Waals surface area contributed by atoms with E-state index < -0.39 is 0 Å². The van der Waals surface area contributed by atoms with Crippen LogP contribution >= 0.6 is 0 Å². The molecule has 1 atom stereocenters. The second kappa shape index (κ2) is 10.7. The highest BCUT2D eigenvalue weighted by Crippen LogP contribution is 2.26. The largest absolute Gasteiger partial charge is 0.504 e. The molecule has 0 aromatic heterocycles. The van der Waals surface area contributed by atoms with Gasteiger partial charge in [-0.05, 0) is 42.9 Å². The zero-order chi connectivity index (χ0) is 17.1. The first-order valence-electron chi connectivity index (χ1n) is 7.97. The highest BCUT2D eigenvalue weighted by atomic mass is 16.5. The van der Waals surface area contributed by atoms with Crippen molar-refractivity contribution in [2.24, 2.45) is 5.92 Å². The number of amides is 1. The van der Waals surface area contributed by atoms with Gasteiger partial charge in [0.1, 0.15) is 0 Å². The van der Waals surface area contributed by atoms with Gasteiger partial charge in [0.25, 0.3) is 0 Å². The smallest absolute Gasteiger partial charge is 0.220 e. The van der Waals surface area contributed by atoms with Crippen molar-refractivity contribution < 1.29 is 19.7 Å². The van der Waals surface area contributed by atoms with Crippen molar-refractivity contribution in [1.29, 1.82) is 0 Å². The van der Waals surface area contributed by atoms with Gasteiger partial charge in [0, 0.05) is 19.6 Å². The van der Waals surface area contributed by atoms with E-state index in [2.05, 4.69) is 11.4 Å². The Morgan fingerprint density at radius 1 is 1.39 bits per heavy atom. The van der Waals surface area contributed by atoms with E-state index in [1.807, 2.05) is 13.0 Å². The molecule has 5 nitrogen and oxygen atoms in total. The molecule has 0 radical (unpaired) electrons. The Hall–Kier alpha value is -2.01. The number of phenols is 1. The average Bonchev–Trinajstić information content (AvgIpc) is 2.56. The third-order valence-corrected chi connectivity index (χ3v) is 3.51. The van der Waals surface area contributed by atoms with Crippen LogP contribution < -0.4 is 10.1 Å². The van der Waals surface area contributed by atoms with Crippen molar-refractivity contribution in [2.45, 2.75) is 39.2 Å². The fourth-order valence-corrected chi connectivity index (χ4v) is 2.06. The monoisotopic (exact) mass is 321 g/mol. The highest BCUT2D eigenvalue weighted by Gasteiger charge is 2.05. The molecule has 0 aliphatic carbocycles. The molecule has 5 heteroatoms. The summed E-state index contributed by atoms with van der Waals surface area (Å²) in [5, 5.41) is 21.3. The molecule has 1 aromatic rings. The van der Waals surface area contributed by atoms with Crippen molar-refractivity contribution >= 4 is 5.91 Å². The molecule has 0 aliphatic heterocycles. The summed E-state index contributed by atoms with van der Waals surface area (Å²) in [7, 11) is 1.49. The maximum absolute atomic E-state index is 11.8. The molecule has 1 aromatic carbocycles. The lowest BCUT2D eigenvalue weighted by atomic mass is 10.1. The first-order chi connectivity index (χ1) is 11.1. The Labute approximate surface area is 138 Å². The van der Waals surface area contributed by atoms with E-state index in [0.29, 0.717) is 18.7 Å². The lowest BCUT2D eigenvalue weighted by Gasteiger charge is -2.08. The number of unbranched alkanes of at least 4 members (excludes halogenated alkanes) is 2. The van der Waals surface area contributed by atoms with Gasteiger partial charge in [-0.2, -0.15) is 0 Å². The maximum atomic E-state index is 11.8. The van der Waals surface area contributed by atoms with Gasteiger partial charge in [-0.1, -0.05) is 25.1 Å². The van der Waals surface area contributed by atoms with Gasteiger partial charge in [-0.15, -0.1) is 0 Å². The van der Waals surface area contributed by atoms with Crippen molar-refractivity contribution in [3.63, 3.8) is 0 Å². The minimum Gasteiger partial charge on any atom is -0.504 e. The molecule has 0 spiro atoms. The fraction of sp³-hybridized carbons (Fsp3) is 0.500. The third kappa shape index (κ3) is 7.70. The summed E-state index contributed by atoms with van der Waals surface area (Å²) in [5.41, 5.74) is 0.883. The number of phenolic OH excluding ortho intramolecular Hbond substituents is 1. The number of methoxy groups -OCH3 is 1. The topological polar surface area (TPSA) is 78.8 Å². The van der Waals surface area contributed by atoms with Gasteiger partial charge in [0.05, 0.1) is 7.11 Å². The maximum Gasteiger partial charge on any atom is 0.220 e. The number of carbonyl (C=O) groups is 1. The molecular formula is C18H27NO4. The second-order valence-corrected chi connectivity index (χ2v) is 5.62. The fourth-order valence-electron chi connectivity index (χ4n) is 2.06. The average molecular weight is 321 g/mol. The number of aliphatic hydroxyl groups is 1. The lowest BCUT2D eigenvalue weighted by Crippen LogP contribution is -2.22. The van der Waals surface area contributed by atoms with E-state index in [-0.39, 0.29) is 24.2 Å². The van der Waals surface area contributed by atoms with Crippen LogP contribution in [0.2, 0.25) is 0 Å². The first-order valence-corrected chi connectivity index (χ1v) is 7.97. The Bertz CT molecular complexity index is 514.